The van der Waals surface area contributed by atoms with E-state index in [4.69, 9.17) is 10.7 Å². The maximum Gasteiger partial charge on any atom is 0.254 e. The molecule has 1 fully saturated rings. The number of amides is 1. The molecule has 0 unspecified atom stereocenters. The fourth-order valence-corrected chi connectivity index (χ4v) is 3.87. The van der Waals surface area contributed by atoms with Crippen molar-refractivity contribution in [3.63, 3.8) is 0 Å². The van der Waals surface area contributed by atoms with E-state index in [2.05, 4.69) is 20.2 Å². The molecular formula is C21H26N6O. The SMILES string of the molecule is CCNC(=O)c1cncc(-c2nc3c(C)cccc3[nH]2)c1N1CC[C@](C)(N)C1. The number of nitrogens with two attached hydrogens (primary N) is 1. The average Bonchev–Trinajstić information content (AvgIpc) is 3.25. The first-order valence-electron chi connectivity index (χ1n) is 9.65. The highest BCUT2D eigenvalue weighted by Crippen LogP contribution is 2.36. The van der Waals surface area contributed by atoms with E-state index in [-0.39, 0.29) is 11.4 Å². The molecule has 0 saturated carbocycles. The summed E-state index contributed by atoms with van der Waals surface area (Å²) in [6.45, 7) is 8.01. The second-order valence-corrected chi connectivity index (χ2v) is 7.82. The third-order valence-electron chi connectivity index (χ3n) is 5.29. The van der Waals surface area contributed by atoms with Crippen LogP contribution in [-0.4, -0.2) is 46.0 Å². The first-order chi connectivity index (χ1) is 13.4. The van der Waals surface area contributed by atoms with Gasteiger partial charge in [-0.2, -0.15) is 0 Å². The van der Waals surface area contributed by atoms with Gasteiger partial charge in [-0.1, -0.05) is 12.1 Å². The zero-order valence-corrected chi connectivity index (χ0v) is 16.5. The van der Waals surface area contributed by atoms with E-state index in [0.717, 1.165) is 40.8 Å². The van der Waals surface area contributed by atoms with E-state index in [1.807, 2.05) is 39.0 Å². The standard InChI is InChI=1S/C21H26N6O/c1-4-24-20(28)15-11-23-10-14(18(15)27-9-8-21(3,22)12-27)19-25-16-7-5-6-13(2)17(16)26-19/h5-7,10-11H,4,8-9,12,22H2,1-3H3,(H,24,28)(H,25,26)/t21-/m0/s1. The highest BCUT2D eigenvalue weighted by molar-refractivity contribution is 6.03. The number of H-pyrrole nitrogens is 1. The lowest BCUT2D eigenvalue weighted by Crippen LogP contribution is -2.39. The predicted octanol–water partition coefficient (Wildman–Crippen LogP) is 2.61. The van der Waals surface area contributed by atoms with Crippen LogP contribution in [0.2, 0.25) is 0 Å². The number of nitrogens with one attached hydrogen (secondary N) is 2. The van der Waals surface area contributed by atoms with Gasteiger partial charge < -0.3 is 20.9 Å². The zero-order valence-electron chi connectivity index (χ0n) is 16.5. The van der Waals surface area contributed by atoms with Crippen molar-refractivity contribution in [1.29, 1.82) is 0 Å². The van der Waals surface area contributed by atoms with E-state index in [0.29, 0.717) is 24.5 Å². The van der Waals surface area contributed by atoms with Crippen LogP contribution in [0.25, 0.3) is 22.4 Å². The van der Waals surface area contributed by atoms with Gasteiger partial charge in [-0.25, -0.2) is 4.98 Å². The summed E-state index contributed by atoms with van der Waals surface area (Å²) >= 11 is 0. The molecule has 4 rings (SSSR count). The molecule has 4 N–H and O–H groups in total. The summed E-state index contributed by atoms with van der Waals surface area (Å²) < 4.78 is 0. The molecule has 3 heterocycles. The van der Waals surface area contributed by atoms with Crippen molar-refractivity contribution in [1.82, 2.24) is 20.3 Å². The normalized spacial score (nSPS) is 19.4. The Labute approximate surface area is 164 Å². The number of hydrogen-bond acceptors (Lipinski definition) is 5. The molecule has 1 aliphatic heterocycles. The molecule has 1 amide bonds. The minimum absolute atomic E-state index is 0.134. The highest BCUT2D eigenvalue weighted by atomic mass is 16.1. The van der Waals surface area contributed by atoms with Crippen molar-refractivity contribution in [3.05, 3.63) is 41.7 Å². The van der Waals surface area contributed by atoms with E-state index in [9.17, 15) is 4.79 Å². The maximum atomic E-state index is 12.8. The smallest absolute Gasteiger partial charge is 0.254 e. The number of rotatable bonds is 4. The summed E-state index contributed by atoms with van der Waals surface area (Å²) in [7, 11) is 0. The largest absolute Gasteiger partial charge is 0.368 e. The lowest BCUT2D eigenvalue weighted by molar-refractivity contribution is 0.0956. The minimum atomic E-state index is -0.288. The lowest BCUT2D eigenvalue weighted by atomic mass is 10.0. The van der Waals surface area contributed by atoms with Gasteiger partial charge in [0.15, 0.2) is 0 Å². The number of aryl methyl sites for hydroxylation is 1. The molecule has 28 heavy (non-hydrogen) atoms. The Hall–Kier alpha value is -2.93. The second-order valence-electron chi connectivity index (χ2n) is 7.82. The van der Waals surface area contributed by atoms with Crippen LogP contribution < -0.4 is 16.0 Å². The number of hydrogen-bond donors (Lipinski definition) is 3. The number of fused-ring (bicyclic) bond motifs is 1. The molecule has 2 aromatic heterocycles. The number of anilines is 1. The summed E-state index contributed by atoms with van der Waals surface area (Å²) in [4.78, 5) is 27.5. The Morgan fingerprint density at radius 2 is 2.21 bits per heavy atom. The molecule has 146 valence electrons. The van der Waals surface area contributed by atoms with Gasteiger partial charge in [0, 0.05) is 37.6 Å². The molecule has 3 aromatic rings. The van der Waals surface area contributed by atoms with Crippen LogP contribution >= 0.6 is 0 Å². The summed E-state index contributed by atoms with van der Waals surface area (Å²) in [5.74, 6) is 0.577. The van der Waals surface area contributed by atoms with Crippen molar-refractivity contribution in [3.8, 4) is 11.4 Å². The molecule has 0 aliphatic carbocycles. The number of aromatic amines is 1. The molecule has 1 aromatic carbocycles. The molecule has 1 saturated heterocycles. The Bertz CT molecular complexity index is 1040. The number of para-hydroxylation sites is 1. The first-order valence-corrected chi connectivity index (χ1v) is 9.65. The average molecular weight is 378 g/mol. The number of carbonyl (C=O) groups excluding carboxylic acids is 1. The maximum absolute atomic E-state index is 12.8. The summed E-state index contributed by atoms with van der Waals surface area (Å²) in [6.07, 6.45) is 4.27. The predicted molar refractivity (Wildman–Crippen MR) is 111 cm³/mol. The summed E-state index contributed by atoms with van der Waals surface area (Å²) in [6, 6.07) is 6.05. The molecule has 1 atom stereocenters. The molecule has 7 nitrogen and oxygen atoms in total. The van der Waals surface area contributed by atoms with Gasteiger partial charge in [0.25, 0.3) is 5.91 Å². The van der Waals surface area contributed by atoms with E-state index >= 15 is 0 Å². The number of imidazole rings is 1. The van der Waals surface area contributed by atoms with Crippen molar-refractivity contribution >= 4 is 22.6 Å². The summed E-state index contributed by atoms with van der Waals surface area (Å²) in [5.41, 5.74) is 11.3. The molecule has 1 aliphatic rings. The van der Waals surface area contributed by atoms with Crippen LogP contribution in [0.4, 0.5) is 5.69 Å². The number of pyridine rings is 1. The van der Waals surface area contributed by atoms with Crippen LogP contribution in [0, 0.1) is 6.92 Å². The van der Waals surface area contributed by atoms with Gasteiger partial charge >= 0.3 is 0 Å². The van der Waals surface area contributed by atoms with E-state index in [1.165, 1.54) is 0 Å². The third kappa shape index (κ3) is 3.22. The first kappa shape index (κ1) is 18.4. The molecule has 0 radical (unpaired) electrons. The molecule has 0 spiro atoms. The Morgan fingerprint density at radius 3 is 2.89 bits per heavy atom. The summed E-state index contributed by atoms with van der Waals surface area (Å²) in [5, 5.41) is 2.89. The van der Waals surface area contributed by atoms with Gasteiger partial charge in [-0.3, -0.25) is 9.78 Å². The van der Waals surface area contributed by atoms with Gasteiger partial charge in [-0.05, 0) is 38.8 Å². The molecular weight excluding hydrogens is 352 g/mol. The fraction of sp³-hybridized carbons (Fsp3) is 0.381. The number of nitrogens with zero attached hydrogens (tertiary/aromatic N) is 3. The van der Waals surface area contributed by atoms with Crippen molar-refractivity contribution in [2.45, 2.75) is 32.7 Å². The van der Waals surface area contributed by atoms with Crippen LogP contribution in [0.15, 0.2) is 30.6 Å². The monoisotopic (exact) mass is 378 g/mol. The molecule has 7 heteroatoms. The van der Waals surface area contributed by atoms with Gasteiger partial charge in [-0.15, -0.1) is 0 Å². The Balaban J connectivity index is 1.89. The lowest BCUT2D eigenvalue weighted by Gasteiger charge is -2.25. The highest BCUT2D eigenvalue weighted by Gasteiger charge is 2.34. The fourth-order valence-electron chi connectivity index (χ4n) is 3.87. The van der Waals surface area contributed by atoms with Gasteiger partial charge in [0.05, 0.1) is 27.8 Å². The van der Waals surface area contributed by atoms with Gasteiger partial charge in [0.2, 0.25) is 0 Å². The van der Waals surface area contributed by atoms with Crippen LogP contribution in [0.5, 0.6) is 0 Å². The van der Waals surface area contributed by atoms with E-state index in [1.54, 1.807) is 12.4 Å². The van der Waals surface area contributed by atoms with Gasteiger partial charge in [0.1, 0.15) is 5.82 Å². The van der Waals surface area contributed by atoms with Crippen molar-refractivity contribution in [2.24, 2.45) is 5.73 Å². The minimum Gasteiger partial charge on any atom is -0.368 e. The Kier molecular flexibility index (Phi) is 4.55. The molecule has 0 bridgehead atoms. The van der Waals surface area contributed by atoms with Crippen LogP contribution in [-0.2, 0) is 0 Å². The number of benzene rings is 1. The van der Waals surface area contributed by atoms with Crippen LogP contribution in [0.1, 0.15) is 36.2 Å². The van der Waals surface area contributed by atoms with E-state index < -0.39 is 0 Å². The zero-order chi connectivity index (χ0) is 19.9. The third-order valence-corrected chi connectivity index (χ3v) is 5.29. The Morgan fingerprint density at radius 1 is 1.39 bits per heavy atom. The quantitative estimate of drug-likeness (QED) is 0.648. The van der Waals surface area contributed by atoms with Crippen molar-refractivity contribution < 1.29 is 4.79 Å². The van der Waals surface area contributed by atoms with Crippen LogP contribution in [0.3, 0.4) is 0 Å². The number of aromatic nitrogens is 3. The number of carbonyl (C=O) groups is 1. The second kappa shape index (κ2) is 6.91. The topological polar surface area (TPSA) is 99.9 Å². The van der Waals surface area contributed by atoms with Crippen molar-refractivity contribution in [2.75, 3.05) is 24.5 Å².